The minimum Gasteiger partial charge on any atom is -0.323 e. The van der Waals surface area contributed by atoms with Gasteiger partial charge in [0.1, 0.15) is 5.01 Å². The fourth-order valence-electron chi connectivity index (χ4n) is 1.91. The minimum absolute atomic E-state index is 0.0466. The highest BCUT2D eigenvalue weighted by Gasteiger charge is 2.12. The second-order valence-electron chi connectivity index (χ2n) is 4.40. The summed E-state index contributed by atoms with van der Waals surface area (Å²) in [6, 6.07) is 4.18. The lowest BCUT2D eigenvalue weighted by Gasteiger charge is -2.01. The first-order valence-electron chi connectivity index (χ1n) is 5.66. The highest BCUT2D eigenvalue weighted by atomic mass is 32.1. The maximum absolute atomic E-state index is 5.92. The molecule has 0 bridgehead atoms. The first kappa shape index (κ1) is 12.2. The van der Waals surface area contributed by atoms with E-state index in [0.29, 0.717) is 0 Å². The summed E-state index contributed by atoms with van der Waals surface area (Å²) in [6.45, 7) is 8.01. The third kappa shape index (κ3) is 2.53. The molecule has 2 heterocycles. The van der Waals surface area contributed by atoms with E-state index in [-0.39, 0.29) is 6.04 Å². The summed E-state index contributed by atoms with van der Waals surface area (Å²) < 4.78 is 0. The van der Waals surface area contributed by atoms with Crippen molar-refractivity contribution in [1.82, 2.24) is 9.97 Å². The SMILES string of the molecule is Cc1cc(-c2nc(C)c(C(C)N)s2)cc(C)n1. The standard InChI is InChI=1S/C13H17N3S/c1-7-5-11(6-8(2)15-7)13-16-10(4)12(17-13)9(3)14/h5-6,9H,14H2,1-4H3. The lowest BCUT2D eigenvalue weighted by Crippen LogP contribution is -2.03. The van der Waals surface area contributed by atoms with Gasteiger partial charge in [0.15, 0.2) is 0 Å². The van der Waals surface area contributed by atoms with Crippen molar-refractivity contribution in [2.75, 3.05) is 0 Å². The molecule has 3 nitrogen and oxygen atoms in total. The van der Waals surface area contributed by atoms with Gasteiger partial charge in [0.25, 0.3) is 0 Å². The molecule has 2 N–H and O–H groups in total. The van der Waals surface area contributed by atoms with Crippen LogP contribution in [-0.2, 0) is 0 Å². The van der Waals surface area contributed by atoms with Crippen LogP contribution < -0.4 is 5.73 Å². The Morgan fingerprint density at radius 2 is 1.71 bits per heavy atom. The summed E-state index contributed by atoms with van der Waals surface area (Å²) in [5.41, 5.74) is 10.1. The number of nitrogens with two attached hydrogens (primary N) is 1. The van der Waals surface area contributed by atoms with Crippen molar-refractivity contribution in [2.24, 2.45) is 5.73 Å². The molecule has 4 heteroatoms. The smallest absolute Gasteiger partial charge is 0.124 e. The van der Waals surface area contributed by atoms with Crippen LogP contribution in [0.4, 0.5) is 0 Å². The average Bonchev–Trinajstić information content (AvgIpc) is 2.59. The lowest BCUT2D eigenvalue weighted by atomic mass is 10.2. The Morgan fingerprint density at radius 1 is 1.12 bits per heavy atom. The van der Waals surface area contributed by atoms with Crippen molar-refractivity contribution in [2.45, 2.75) is 33.7 Å². The molecule has 90 valence electrons. The number of nitrogens with zero attached hydrogens (tertiary/aromatic N) is 2. The van der Waals surface area contributed by atoms with Gasteiger partial charge in [-0.2, -0.15) is 0 Å². The molecule has 0 spiro atoms. The Hall–Kier alpha value is -1.26. The van der Waals surface area contributed by atoms with Crippen LogP contribution in [0.1, 0.15) is 34.9 Å². The third-order valence-corrected chi connectivity index (χ3v) is 3.98. The summed E-state index contributed by atoms with van der Waals surface area (Å²) in [4.78, 5) is 10.1. The van der Waals surface area contributed by atoms with E-state index in [0.717, 1.165) is 32.5 Å². The van der Waals surface area contributed by atoms with Crippen molar-refractivity contribution in [1.29, 1.82) is 0 Å². The van der Waals surface area contributed by atoms with Gasteiger partial charge >= 0.3 is 0 Å². The summed E-state index contributed by atoms with van der Waals surface area (Å²) in [7, 11) is 0. The maximum Gasteiger partial charge on any atom is 0.124 e. The molecule has 0 aliphatic carbocycles. The first-order valence-corrected chi connectivity index (χ1v) is 6.47. The molecule has 0 saturated heterocycles. The van der Waals surface area contributed by atoms with Gasteiger partial charge in [-0.1, -0.05) is 0 Å². The number of hydrogen-bond acceptors (Lipinski definition) is 4. The Labute approximate surface area is 106 Å². The van der Waals surface area contributed by atoms with Crippen molar-refractivity contribution in [3.05, 3.63) is 34.1 Å². The predicted molar refractivity (Wildman–Crippen MR) is 72.2 cm³/mol. The van der Waals surface area contributed by atoms with Crippen LogP contribution in [0.25, 0.3) is 10.6 Å². The van der Waals surface area contributed by atoms with Crippen molar-refractivity contribution in [3.8, 4) is 10.6 Å². The van der Waals surface area contributed by atoms with Gasteiger partial charge < -0.3 is 5.73 Å². The van der Waals surface area contributed by atoms with Gasteiger partial charge in [-0.15, -0.1) is 11.3 Å². The number of aromatic nitrogens is 2. The molecule has 0 aromatic carbocycles. The number of rotatable bonds is 2. The van der Waals surface area contributed by atoms with E-state index in [2.05, 4.69) is 22.1 Å². The van der Waals surface area contributed by atoms with Gasteiger partial charge in [-0.3, -0.25) is 4.98 Å². The molecule has 0 radical (unpaired) electrons. The van der Waals surface area contributed by atoms with E-state index < -0.39 is 0 Å². The second-order valence-corrected chi connectivity index (χ2v) is 5.43. The van der Waals surface area contributed by atoms with Crippen LogP contribution in [-0.4, -0.2) is 9.97 Å². The second kappa shape index (κ2) is 4.55. The molecule has 1 unspecified atom stereocenters. The van der Waals surface area contributed by atoms with Crippen LogP contribution in [0, 0.1) is 20.8 Å². The number of hydrogen-bond donors (Lipinski definition) is 1. The van der Waals surface area contributed by atoms with Crippen LogP contribution in [0.15, 0.2) is 12.1 Å². The molecule has 1 atom stereocenters. The quantitative estimate of drug-likeness (QED) is 0.887. The van der Waals surface area contributed by atoms with E-state index in [1.807, 2.05) is 27.7 Å². The van der Waals surface area contributed by atoms with Crippen molar-refractivity contribution < 1.29 is 0 Å². The van der Waals surface area contributed by atoms with Crippen LogP contribution in [0.2, 0.25) is 0 Å². The minimum atomic E-state index is 0.0466. The largest absolute Gasteiger partial charge is 0.323 e. The van der Waals surface area contributed by atoms with E-state index in [9.17, 15) is 0 Å². The monoisotopic (exact) mass is 247 g/mol. The Bertz CT molecular complexity index is 523. The zero-order chi connectivity index (χ0) is 12.6. The normalized spacial score (nSPS) is 12.8. The van der Waals surface area contributed by atoms with E-state index >= 15 is 0 Å². The van der Waals surface area contributed by atoms with Crippen LogP contribution in [0.5, 0.6) is 0 Å². The molecule has 0 amide bonds. The molecule has 2 aromatic rings. The molecule has 2 aromatic heterocycles. The summed E-state index contributed by atoms with van der Waals surface area (Å²) >= 11 is 1.67. The topological polar surface area (TPSA) is 51.8 Å². The molecular weight excluding hydrogens is 230 g/mol. The predicted octanol–water partition coefficient (Wildman–Crippen LogP) is 3.15. The third-order valence-electron chi connectivity index (χ3n) is 2.57. The highest BCUT2D eigenvalue weighted by molar-refractivity contribution is 7.15. The van der Waals surface area contributed by atoms with Gasteiger partial charge in [0.2, 0.25) is 0 Å². The molecule has 0 saturated carbocycles. The molecule has 17 heavy (non-hydrogen) atoms. The van der Waals surface area contributed by atoms with Crippen molar-refractivity contribution in [3.63, 3.8) is 0 Å². The van der Waals surface area contributed by atoms with E-state index in [1.165, 1.54) is 0 Å². The molecule has 0 aliphatic heterocycles. The van der Waals surface area contributed by atoms with Crippen molar-refractivity contribution >= 4 is 11.3 Å². The number of thiazole rings is 1. The zero-order valence-electron chi connectivity index (χ0n) is 10.6. The highest BCUT2D eigenvalue weighted by Crippen LogP contribution is 2.31. The van der Waals surface area contributed by atoms with Crippen LogP contribution >= 0.6 is 11.3 Å². The summed E-state index contributed by atoms with van der Waals surface area (Å²) in [5.74, 6) is 0. The summed E-state index contributed by atoms with van der Waals surface area (Å²) in [5, 5.41) is 1.03. The molecule has 2 rings (SSSR count). The first-order chi connectivity index (χ1) is 7.97. The Morgan fingerprint density at radius 3 is 2.18 bits per heavy atom. The number of aryl methyl sites for hydroxylation is 3. The van der Waals surface area contributed by atoms with E-state index in [1.54, 1.807) is 11.3 Å². The van der Waals surface area contributed by atoms with Gasteiger partial charge in [-0.25, -0.2) is 4.98 Å². The Balaban J connectivity index is 2.49. The van der Waals surface area contributed by atoms with Gasteiger partial charge in [-0.05, 0) is 39.8 Å². The Kier molecular flexibility index (Phi) is 3.26. The molecular formula is C13H17N3S. The average molecular weight is 247 g/mol. The lowest BCUT2D eigenvalue weighted by molar-refractivity contribution is 0.825. The fourth-order valence-corrected chi connectivity index (χ4v) is 2.92. The van der Waals surface area contributed by atoms with Gasteiger partial charge in [0, 0.05) is 27.9 Å². The fraction of sp³-hybridized carbons (Fsp3) is 0.385. The molecule has 0 fully saturated rings. The molecule has 0 aliphatic rings. The maximum atomic E-state index is 5.92. The zero-order valence-corrected chi connectivity index (χ0v) is 11.4. The van der Waals surface area contributed by atoms with Crippen LogP contribution in [0.3, 0.4) is 0 Å². The van der Waals surface area contributed by atoms with E-state index in [4.69, 9.17) is 5.73 Å². The van der Waals surface area contributed by atoms with Gasteiger partial charge in [0.05, 0.1) is 5.69 Å². The number of pyridine rings is 1. The summed E-state index contributed by atoms with van der Waals surface area (Å²) in [6.07, 6.45) is 0.